The van der Waals surface area contributed by atoms with Crippen molar-refractivity contribution in [1.82, 2.24) is 0 Å². The van der Waals surface area contributed by atoms with Gasteiger partial charge in [-0.3, -0.25) is 0 Å². The summed E-state index contributed by atoms with van der Waals surface area (Å²) in [6.07, 6.45) is -5.37. The van der Waals surface area contributed by atoms with E-state index in [0.29, 0.717) is 17.1 Å². The standard InChI is InChI=1S/C21H17F3O2/c22-21(23,24)20(25,15-16-7-3-1-4-8-16)17-11-13-19(14-12-17)26-18-9-5-2-6-10-18/h1-14,25H,15H2. The molecule has 3 aromatic rings. The number of ether oxygens (including phenoxy) is 1. The van der Waals surface area contributed by atoms with Crippen LogP contribution >= 0.6 is 0 Å². The van der Waals surface area contributed by atoms with Crippen LogP contribution in [0.5, 0.6) is 11.5 Å². The van der Waals surface area contributed by atoms with Crippen molar-refractivity contribution in [2.24, 2.45) is 0 Å². The average Bonchev–Trinajstić information content (AvgIpc) is 2.63. The van der Waals surface area contributed by atoms with Gasteiger partial charge in [-0.1, -0.05) is 60.7 Å². The van der Waals surface area contributed by atoms with E-state index in [4.69, 9.17) is 4.74 Å². The molecule has 0 saturated carbocycles. The first-order chi connectivity index (χ1) is 12.4. The molecule has 1 unspecified atom stereocenters. The van der Waals surface area contributed by atoms with Crippen molar-refractivity contribution in [2.75, 3.05) is 0 Å². The topological polar surface area (TPSA) is 29.5 Å². The molecule has 0 saturated heterocycles. The Hall–Kier alpha value is -2.79. The molecule has 2 nitrogen and oxygen atoms in total. The van der Waals surface area contributed by atoms with Crippen molar-refractivity contribution < 1.29 is 23.0 Å². The van der Waals surface area contributed by atoms with Gasteiger partial charge in [0, 0.05) is 6.42 Å². The van der Waals surface area contributed by atoms with E-state index in [1.807, 2.05) is 6.07 Å². The van der Waals surface area contributed by atoms with Crippen molar-refractivity contribution in [1.29, 1.82) is 0 Å². The van der Waals surface area contributed by atoms with Crippen LogP contribution in [0.2, 0.25) is 0 Å². The molecule has 3 rings (SSSR count). The van der Waals surface area contributed by atoms with E-state index < -0.39 is 18.2 Å². The minimum atomic E-state index is -4.81. The molecule has 0 amide bonds. The maximum absolute atomic E-state index is 13.6. The number of alkyl halides is 3. The SMILES string of the molecule is OC(Cc1ccccc1)(c1ccc(Oc2ccccc2)cc1)C(F)(F)F. The molecule has 0 aromatic heterocycles. The summed E-state index contributed by atoms with van der Waals surface area (Å²) < 4.78 is 46.5. The van der Waals surface area contributed by atoms with Gasteiger partial charge in [-0.15, -0.1) is 0 Å². The van der Waals surface area contributed by atoms with Gasteiger partial charge in [-0.2, -0.15) is 13.2 Å². The van der Waals surface area contributed by atoms with Gasteiger partial charge in [-0.05, 0) is 35.4 Å². The Morgan fingerprint density at radius 3 is 1.73 bits per heavy atom. The largest absolute Gasteiger partial charge is 0.457 e. The first kappa shape index (κ1) is 18.0. The lowest BCUT2D eigenvalue weighted by Crippen LogP contribution is -2.44. The van der Waals surface area contributed by atoms with Crippen LogP contribution in [-0.4, -0.2) is 11.3 Å². The average molecular weight is 358 g/mol. The predicted molar refractivity (Wildman–Crippen MR) is 93.1 cm³/mol. The fraction of sp³-hybridized carbons (Fsp3) is 0.143. The van der Waals surface area contributed by atoms with Crippen LogP contribution in [0.15, 0.2) is 84.9 Å². The summed E-state index contributed by atoms with van der Waals surface area (Å²) in [6, 6.07) is 22.4. The van der Waals surface area contributed by atoms with Gasteiger partial charge in [0.15, 0.2) is 5.60 Å². The minimum absolute atomic E-state index is 0.228. The first-order valence-electron chi connectivity index (χ1n) is 8.05. The highest BCUT2D eigenvalue weighted by atomic mass is 19.4. The van der Waals surface area contributed by atoms with Gasteiger partial charge in [0.1, 0.15) is 11.5 Å². The van der Waals surface area contributed by atoms with Crippen LogP contribution < -0.4 is 4.74 Å². The lowest BCUT2D eigenvalue weighted by molar-refractivity contribution is -0.266. The van der Waals surface area contributed by atoms with E-state index in [2.05, 4.69) is 0 Å². The number of hydrogen-bond donors (Lipinski definition) is 1. The Labute approximate surface area is 149 Å². The third-order valence-electron chi connectivity index (χ3n) is 4.08. The van der Waals surface area contributed by atoms with Gasteiger partial charge < -0.3 is 9.84 Å². The second-order valence-electron chi connectivity index (χ2n) is 5.96. The molecule has 0 heterocycles. The van der Waals surface area contributed by atoms with E-state index in [1.54, 1.807) is 54.6 Å². The zero-order valence-electron chi connectivity index (χ0n) is 13.8. The third-order valence-corrected chi connectivity index (χ3v) is 4.08. The molecule has 0 bridgehead atoms. The summed E-state index contributed by atoms with van der Waals surface area (Å²) in [6.45, 7) is 0. The molecule has 3 aromatic carbocycles. The van der Waals surface area contributed by atoms with E-state index in [9.17, 15) is 18.3 Å². The molecule has 5 heteroatoms. The van der Waals surface area contributed by atoms with Crippen LogP contribution in [-0.2, 0) is 12.0 Å². The molecule has 0 radical (unpaired) electrons. The normalized spacial score (nSPS) is 13.8. The number of hydrogen-bond acceptors (Lipinski definition) is 2. The number of halogens is 3. The highest BCUT2D eigenvalue weighted by Crippen LogP contribution is 2.42. The highest BCUT2D eigenvalue weighted by molar-refractivity contribution is 5.36. The minimum Gasteiger partial charge on any atom is -0.457 e. The number of para-hydroxylation sites is 1. The Morgan fingerprint density at radius 1 is 0.692 bits per heavy atom. The fourth-order valence-corrected chi connectivity index (χ4v) is 2.68. The molecular weight excluding hydrogens is 341 g/mol. The quantitative estimate of drug-likeness (QED) is 0.655. The predicted octanol–water partition coefficient (Wildman–Crippen LogP) is 5.47. The van der Waals surface area contributed by atoms with Gasteiger partial charge in [0.2, 0.25) is 0 Å². The van der Waals surface area contributed by atoms with Gasteiger partial charge >= 0.3 is 6.18 Å². The second-order valence-corrected chi connectivity index (χ2v) is 5.96. The highest BCUT2D eigenvalue weighted by Gasteiger charge is 2.54. The Balaban J connectivity index is 1.87. The summed E-state index contributed by atoms with van der Waals surface area (Å²) in [4.78, 5) is 0. The lowest BCUT2D eigenvalue weighted by Gasteiger charge is -2.31. The van der Waals surface area contributed by atoms with Gasteiger partial charge in [0.05, 0.1) is 0 Å². The Bertz CT molecular complexity index is 831. The second kappa shape index (κ2) is 7.22. The monoisotopic (exact) mass is 358 g/mol. The van der Waals surface area contributed by atoms with E-state index in [-0.39, 0.29) is 5.56 Å². The van der Waals surface area contributed by atoms with E-state index >= 15 is 0 Å². The number of rotatable bonds is 5. The molecular formula is C21H17F3O2. The molecule has 0 aliphatic carbocycles. The molecule has 26 heavy (non-hydrogen) atoms. The maximum Gasteiger partial charge on any atom is 0.421 e. The van der Waals surface area contributed by atoms with Crippen molar-refractivity contribution >= 4 is 0 Å². The molecule has 0 spiro atoms. The Kier molecular flexibility index (Phi) is 5.00. The van der Waals surface area contributed by atoms with E-state index in [1.165, 1.54) is 24.3 Å². The zero-order valence-corrected chi connectivity index (χ0v) is 13.8. The van der Waals surface area contributed by atoms with Crippen LogP contribution in [0, 0.1) is 0 Å². The van der Waals surface area contributed by atoms with Crippen molar-refractivity contribution in [3.63, 3.8) is 0 Å². The van der Waals surface area contributed by atoms with Crippen LogP contribution in [0.25, 0.3) is 0 Å². The molecule has 0 fully saturated rings. The maximum atomic E-state index is 13.6. The molecule has 134 valence electrons. The summed E-state index contributed by atoms with van der Waals surface area (Å²) in [7, 11) is 0. The van der Waals surface area contributed by atoms with Gasteiger partial charge in [-0.25, -0.2) is 0 Å². The Morgan fingerprint density at radius 2 is 1.19 bits per heavy atom. The smallest absolute Gasteiger partial charge is 0.421 e. The van der Waals surface area contributed by atoms with Crippen molar-refractivity contribution in [2.45, 2.75) is 18.2 Å². The lowest BCUT2D eigenvalue weighted by atomic mass is 9.86. The first-order valence-corrected chi connectivity index (χ1v) is 8.05. The molecule has 1 atom stereocenters. The summed E-state index contributed by atoms with van der Waals surface area (Å²) in [5.74, 6) is 0.972. The summed E-state index contributed by atoms with van der Waals surface area (Å²) >= 11 is 0. The molecule has 0 aliphatic rings. The van der Waals surface area contributed by atoms with Crippen LogP contribution in [0.3, 0.4) is 0 Å². The molecule has 1 N–H and O–H groups in total. The number of aliphatic hydroxyl groups is 1. The van der Waals surface area contributed by atoms with Gasteiger partial charge in [0.25, 0.3) is 0 Å². The van der Waals surface area contributed by atoms with E-state index in [0.717, 1.165) is 0 Å². The van der Waals surface area contributed by atoms with Crippen molar-refractivity contribution in [3.05, 3.63) is 96.1 Å². The van der Waals surface area contributed by atoms with Crippen LogP contribution in [0.1, 0.15) is 11.1 Å². The van der Waals surface area contributed by atoms with Crippen molar-refractivity contribution in [3.8, 4) is 11.5 Å². The third kappa shape index (κ3) is 3.89. The summed E-state index contributed by atoms with van der Waals surface area (Å²) in [5.41, 5.74) is -2.80. The van der Waals surface area contributed by atoms with Crippen LogP contribution in [0.4, 0.5) is 13.2 Å². The molecule has 0 aliphatic heterocycles. The zero-order chi connectivity index (χ0) is 18.6. The fourth-order valence-electron chi connectivity index (χ4n) is 2.68. The number of benzene rings is 3. The summed E-state index contributed by atoms with van der Waals surface area (Å²) in [5, 5.41) is 10.5.